The van der Waals surface area contributed by atoms with Crippen LogP contribution < -0.4 is 5.32 Å². The van der Waals surface area contributed by atoms with Gasteiger partial charge in [-0.3, -0.25) is 14.6 Å². The van der Waals surface area contributed by atoms with Gasteiger partial charge in [0.25, 0.3) is 5.91 Å². The topological polar surface area (TPSA) is 84.8 Å². The molecular formula is C15H21N5O2. The highest BCUT2D eigenvalue weighted by molar-refractivity contribution is 5.92. The van der Waals surface area contributed by atoms with Crippen LogP contribution in [0, 0.1) is 6.92 Å². The van der Waals surface area contributed by atoms with Crippen LogP contribution in [0.15, 0.2) is 12.3 Å². The van der Waals surface area contributed by atoms with Gasteiger partial charge in [0.15, 0.2) is 0 Å². The van der Waals surface area contributed by atoms with Gasteiger partial charge in [-0.15, -0.1) is 0 Å². The number of H-pyrrole nitrogens is 1. The summed E-state index contributed by atoms with van der Waals surface area (Å²) in [6.45, 7) is 3.23. The molecule has 2 aromatic heterocycles. The number of aromatic nitrogens is 4. The molecule has 0 bridgehead atoms. The van der Waals surface area contributed by atoms with Gasteiger partial charge in [-0.2, -0.15) is 10.2 Å². The Hall–Kier alpha value is -2.15. The summed E-state index contributed by atoms with van der Waals surface area (Å²) in [5, 5.41) is 14.5. The summed E-state index contributed by atoms with van der Waals surface area (Å²) in [6.07, 6.45) is 5.03. The summed E-state index contributed by atoms with van der Waals surface area (Å²) in [4.78, 5) is 12.3. The maximum atomic E-state index is 12.3. The summed E-state index contributed by atoms with van der Waals surface area (Å²) < 4.78 is 6.99. The Morgan fingerprint density at radius 2 is 2.45 bits per heavy atom. The molecule has 118 valence electrons. The van der Waals surface area contributed by atoms with Gasteiger partial charge in [-0.25, -0.2) is 0 Å². The van der Waals surface area contributed by atoms with E-state index in [9.17, 15) is 4.79 Å². The van der Waals surface area contributed by atoms with Gasteiger partial charge in [-0.1, -0.05) is 0 Å². The number of aryl methyl sites for hydroxylation is 2. The van der Waals surface area contributed by atoms with E-state index >= 15 is 0 Å². The lowest BCUT2D eigenvalue weighted by molar-refractivity contribution is 0.0926. The molecule has 22 heavy (non-hydrogen) atoms. The lowest BCUT2D eigenvalue weighted by Crippen LogP contribution is -2.31. The molecule has 0 fully saturated rings. The average Bonchev–Trinajstić information content (AvgIpc) is 3.11. The van der Waals surface area contributed by atoms with E-state index in [4.69, 9.17) is 4.74 Å². The smallest absolute Gasteiger partial charge is 0.272 e. The molecule has 0 aliphatic heterocycles. The standard InChI is InChI=1S/C15H21N5O2/c1-10-8-13(18-17-10)15(21)16-12-5-3-4-11-9-20(6-7-22-2)19-14(11)12/h8-9,12H,3-7H2,1-2H3,(H,16,21)(H,17,18). The van der Waals surface area contributed by atoms with Gasteiger partial charge >= 0.3 is 0 Å². The van der Waals surface area contributed by atoms with Crippen molar-refractivity contribution in [2.24, 2.45) is 0 Å². The van der Waals surface area contributed by atoms with Crippen LogP contribution in [0.2, 0.25) is 0 Å². The predicted molar refractivity (Wildman–Crippen MR) is 80.6 cm³/mol. The number of nitrogens with one attached hydrogen (secondary N) is 2. The van der Waals surface area contributed by atoms with Crippen LogP contribution in [0.1, 0.15) is 46.3 Å². The Kier molecular flexibility index (Phi) is 4.24. The Morgan fingerprint density at radius 1 is 1.59 bits per heavy atom. The molecule has 2 aromatic rings. The molecule has 1 atom stereocenters. The lowest BCUT2D eigenvalue weighted by atomic mass is 9.93. The number of nitrogens with zero attached hydrogens (tertiary/aromatic N) is 3. The Bertz CT molecular complexity index is 661. The van der Waals surface area contributed by atoms with Crippen molar-refractivity contribution in [3.8, 4) is 0 Å². The van der Waals surface area contributed by atoms with Crippen molar-refractivity contribution in [3.63, 3.8) is 0 Å². The van der Waals surface area contributed by atoms with E-state index in [2.05, 4.69) is 26.8 Å². The molecule has 2 N–H and O–H groups in total. The van der Waals surface area contributed by atoms with Crippen LogP contribution in [-0.2, 0) is 17.7 Å². The van der Waals surface area contributed by atoms with Crippen molar-refractivity contribution in [2.75, 3.05) is 13.7 Å². The highest BCUT2D eigenvalue weighted by Gasteiger charge is 2.26. The molecule has 2 heterocycles. The summed E-state index contributed by atoms with van der Waals surface area (Å²) in [5.41, 5.74) is 3.48. The maximum Gasteiger partial charge on any atom is 0.272 e. The van der Waals surface area contributed by atoms with E-state index in [1.807, 2.05) is 11.6 Å². The van der Waals surface area contributed by atoms with Crippen LogP contribution in [0.4, 0.5) is 0 Å². The predicted octanol–water partition coefficient (Wildman–Crippen LogP) is 1.37. The minimum Gasteiger partial charge on any atom is -0.383 e. The van der Waals surface area contributed by atoms with Crippen LogP contribution in [0.25, 0.3) is 0 Å². The first-order valence-corrected chi connectivity index (χ1v) is 7.55. The normalized spacial score (nSPS) is 17.3. The second-order valence-corrected chi connectivity index (χ2v) is 5.65. The lowest BCUT2D eigenvalue weighted by Gasteiger charge is -2.21. The first kappa shape index (κ1) is 14.8. The molecule has 0 aromatic carbocycles. The number of methoxy groups -OCH3 is 1. The summed E-state index contributed by atoms with van der Waals surface area (Å²) in [6, 6.07) is 1.70. The van der Waals surface area contributed by atoms with E-state index in [1.54, 1.807) is 13.2 Å². The van der Waals surface area contributed by atoms with Crippen molar-refractivity contribution < 1.29 is 9.53 Å². The molecule has 7 heteroatoms. The molecule has 3 rings (SSSR count). The van der Waals surface area contributed by atoms with E-state index in [-0.39, 0.29) is 11.9 Å². The number of fused-ring (bicyclic) bond motifs is 1. The van der Waals surface area contributed by atoms with Crippen molar-refractivity contribution in [2.45, 2.75) is 38.8 Å². The molecule has 0 spiro atoms. The molecule has 7 nitrogen and oxygen atoms in total. The quantitative estimate of drug-likeness (QED) is 0.873. The summed E-state index contributed by atoms with van der Waals surface area (Å²) in [5.74, 6) is -0.159. The molecular weight excluding hydrogens is 282 g/mol. The van der Waals surface area contributed by atoms with E-state index < -0.39 is 0 Å². The Balaban J connectivity index is 1.73. The third-order valence-electron chi connectivity index (χ3n) is 3.91. The number of hydrogen-bond donors (Lipinski definition) is 2. The molecule has 1 aliphatic carbocycles. The fraction of sp³-hybridized carbons (Fsp3) is 0.533. The number of amides is 1. The number of ether oxygens (including phenoxy) is 1. The zero-order valence-electron chi connectivity index (χ0n) is 12.9. The van der Waals surface area contributed by atoms with Crippen LogP contribution >= 0.6 is 0 Å². The molecule has 0 radical (unpaired) electrons. The fourth-order valence-corrected chi connectivity index (χ4v) is 2.80. The molecule has 0 saturated heterocycles. The summed E-state index contributed by atoms with van der Waals surface area (Å²) in [7, 11) is 1.68. The summed E-state index contributed by atoms with van der Waals surface area (Å²) >= 11 is 0. The highest BCUT2D eigenvalue weighted by Crippen LogP contribution is 2.28. The molecule has 1 aliphatic rings. The second kappa shape index (κ2) is 6.31. The average molecular weight is 303 g/mol. The minimum atomic E-state index is -0.159. The zero-order chi connectivity index (χ0) is 15.5. The van der Waals surface area contributed by atoms with Crippen LogP contribution in [0.3, 0.4) is 0 Å². The van der Waals surface area contributed by atoms with Crippen molar-refractivity contribution in [1.82, 2.24) is 25.3 Å². The van der Waals surface area contributed by atoms with Crippen molar-refractivity contribution >= 4 is 5.91 Å². The first-order valence-electron chi connectivity index (χ1n) is 7.55. The van der Waals surface area contributed by atoms with Crippen LogP contribution in [-0.4, -0.2) is 39.6 Å². The number of rotatable bonds is 5. The van der Waals surface area contributed by atoms with Gasteiger partial charge in [-0.05, 0) is 37.8 Å². The largest absolute Gasteiger partial charge is 0.383 e. The van der Waals surface area contributed by atoms with E-state index in [0.717, 1.165) is 37.2 Å². The number of carbonyl (C=O) groups excluding carboxylic acids is 1. The van der Waals surface area contributed by atoms with Gasteiger partial charge < -0.3 is 10.1 Å². The third kappa shape index (κ3) is 3.04. The zero-order valence-corrected chi connectivity index (χ0v) is 12.9. The Morgan fingerprint density at radius 3 is 3.18 bits per heavy atom. The van der Waals surface area contributed by atoms with Gasteiger partial charge in [0.2, 0.25) is 0 Å². The number of hydrogen-bond acceptors (Lipinski definition) is 4. The maximum absolute atomic E-state index is 12.3. The minimum absolute atomic E-state index is 0.0444. The monoisotopic (exact) mass is 303 g/mol. The van der Waals surface area contributed by atoms with Crippen molar-refractivity contribution in [3.05, 3.63) is 34.9 Å². The SMILES string of the molecule is COCCn1cc2c(n1)C(NC(=O)c1cc(C)[nH]n1)CCC2. The van der Waals surface area contributed by atoms with Crippen LogP contribution in [0.5, 0.6) is 0 Å². The molecule has 0 saturated carbocycles. The van der Waals surface area contributed by atoms with Crippen molar-refractivity contribution in [1.29, 1.82) is 0 Å². The number of aromatic amines is 1. The fourth-order valence-electron chi connectivity index (χ4n) is 2.80. The van der Waals surface area contributed by atoms with E-state index in [0.29, 0.717) is 12.3 Å². The first-order chi connectivity index (χ1) is 10.7. The highest BCUT2D eigenvalue weighted by atomic mass is 16.5. The Labute approximate surface area is 129 Å². The number of carbonyl (C=O) groups is 1. The molecule has 1 unspecified atom stereocenters. The van der Waals surface area contributed by atoms with Gasteiger partial charge in [0, 0.05) is 19.0 Å². The van der Waals surface area contributed by atoms with E-state index in [1.165, 1.54) is 5.56 Å². The second-order valence-electron chi connectivity index (χ2n) is 5.65. The molecule has 1 amide bonds. The van der Waals surface area contributed by atoms with Gasteiger partial charge in [0.05, 0.1) is 24.9 Å². The van der Waals surface area contributed by atoms with Gasteiger partial charge in [0.1, 0.15) is 5.69 Å². The third-order valence-corrected chi connectivity index (χ3v) is 3.91.